The van der Waals surface area contributed by atoms with Gasteiger partial charge in [-0.3, -0.25) is 0 Å². The Bertz CT molecular complexity index is 414. The maximum absolute atomic E-state index is 13.5. The molecule has 0 amide bonds. The van der Waals surface area contributed by atoms with Crippen molar-refractivity contribution in [3.8, 4) is 0 Å². The Morgan fingerprint density at radius 3 is 2.76 bits per heavy atom. The molecule has 0 saturated heterocycles. The number of hydrogen-bond donors (Lipinski definition) is 1. The van der Waals surface area contributed by atoms with Crippen LogP contribution >= 0.6 is 11.6 Å². The van der Waals surface area contributed by atoms with Crippen LogP contribution in [-0.4, -0.2) is 18.7 Å². The van der Waals surface area contributed by atoms with E-state index < -0.39 is 24.0 Å². The van der Waals surface area contributed by atoms with E-state index in [1.54, 1.807) is 6.92 Å². The first-order valence-corrected chi connectivity index (χ1v) is 5.36. The summed E-state index contributed by atoms with van der Waals surface area (Å²) >= 11 is 5.55. The first-order valence-electron chi connectivity index (χ1n) is 4.98. The summed E-state index contributed by atoms with van der Waals surface area (Å²) in [5, 5.41) is 0.171. The van der Waals surface area contributed by atoms with E-state index in [1.165, 1.54) is 12.1 Å². The monoisotopic (exact) mass is 263 g/mol. The van der Waals surface area contributed by atoms with Gasteiger partial charge in [0, 0.05) is 10.6 Å². The number of ether oxygens (including phenoxy) is 1. The van der Waals surface area contributed by atoms with Crippen LogP contribution in [0.4, 0.5) is 8.78 Å². The zero-order valence-corrected chi connectivity index (χ0v) is 9.88. The second-order valence-electron chi connectivity index (χ2n) is 3.35. The van der Waals surface area contributed by atoms with Crippen molar-refractivity contribution in [2.75, 3.05) is 6.61 Å². The summed E-state index contributed by atoms with van der Waals surface area (Å²) in [5.41, 5.74) is 5.35. The van der Waals surface area contributed by atoms with E-state index in [0.717, 1.165) is 6.07 Å². The van der Waals surface area contributed by atoms with Crippen LogP contribution < -0.4 is 5.73 Å². The molecule has 0 aliphatic carbocycles. The summed E-state index contributed by atoms with van der Waals surface area (Å²) in [6.45, 7) is 1.58. The van der Waals surface area contributed by atoms with Crippen molar-refractivity contribution in [1.82, 2.24) is 0 Å². The number of alkyl halides is 1. The standard InChI is InChI=1S/C11H12ClF2NO2/c1-2-17-11(16)9(14)10(15)7-4-3-6(12)5-8(7)13/h3-5,9-10H,2,15H2,1H3/t9?,10-/m0/s1. The Balaban J connectivity index is 2.88. The highest BCUT2D eigenvalue weighted by Gasteiger charge is 2.29. The summed E-state index contributed by atoms with van der Waals surface area (Å²) < 4.78 is 31.4. The zero-order valence-electron chi connectivity index (χ0n) is 9.12. The van der Waals surface area contributed by atoms with E-state index in [9.17, 15) is 13.6 Å². The molecule has 2 atom stereocenters. The molecule has 17 heavy (non-hydrogen) atoms. The Morgan fingerprint density at radius 2 is 2.24 bits per heavy atom. The van der Waals surface area contributed by atoms with Gasteiger partial charge in [0.1, 0.15) is 5.82 Å². The molecule has 0 spiro atoms. The topological polar surface area (TPSA) is 52.3 Å². The van der Waals surface area contributed by atoms with Crippen LogP contribution in [0.1, 0.15) is 18.5 Å². The minimum atomic E-state index is -2.11. The predicted molar refractivity (Wildman–Crippen MR) is 59.9 cm³/mol. The predicted octanol–water partition coefficient (Wildman–Crippen LogP) is 2.38. The Hall–Kier alpha value is -1.20. The van der Waals surface area contributed by atoms with Crippen molar-refractivity contribution >= 4 is 17.6 Å². The van der Waals surface area contributed by atoms with Gasteiger partial charge in [-0.05, 0) is 19.1 Å². The second-order valence-corrected chi connectivity index (χ2v) is 3.78. The molecule has 2 N–H and O–H groups in total. The molecular formula is C11H12ClF2NO2. The second kappa shape index (κ2) is 5.93. The van der Waals surface area contributed by atoms with Crippen LogP contribution in [0.25, 0.3) is 0 Å². The molecule has 1 aromatic carbocycles. The molecule has 0 fully saturated rings. The van der Waals surface area contributed by atoms with E-state index in [2.05, 4.69) is 4.74 Å². The first-order chi connectivity index (χ1) is 7.97. The van der Waals surface area contributed by atoms with Gasteiger partial charge in [-0.1, -0.05) is 17.7 Å². The quantitative estimate of drug-likeness (QED) is 0.849. The summed E-state index contributed by atoms with van der Waals surface area (Å²) in [5.74, 6) is -1.86. The number of halogens is 3. The molecule has 0 aliphatic heterocycles. The third-order valence-electron chi connectivity index (χ3n) is 2.15. The SMILES string of the molecule is CCOC(=O)C(F)[C@@H](N)c1ccc(Cl)cc1F. The van der Waals surface area contributed by atoms with Gasteiger partial charge in [-0.2, -0.15) is 0 Å². The minimum absolute atomic E-state index is 0.0368. The van der Waals surface area contributed by atoms with Gasteiger partial charge >= 0.3 is 5.97 Å². The van der Waals surface area contributed by atoms with Crippen molar-refractivity contribution in [3.63, 3.8) is 0 Å². The smallest absolute Gasteiger partial charge is 0.342 e. The number of benzene rings is 1. The van der Waals surface area contributed by atoms with Crippen molar-refractivity contribution in [3.05, 3.63) is 34.6 Å². The summed E-state index contributed by atoms with van der Waals surface area (Å²) in [7, 11) is 0. The molecular weight excluding hydrogens is 252 g/mol. The van der Waals surface area contributed by atoms with Crippen LogP contribution in [0.15, 0.2) is 18.2 Å². The van der Waals surface area contributed by atoms with Gasteiger partial charge in [0.05, 0.1) is 12.6 Å². The number of rotatable bonds is 4. The fourth-order valence-corrected chi connectivity index (χ4v) is 1.46. The molecule has 1 aromatic rings. The Labute approximate surface area is 103 Å². The van der Waals surface area contributed by atoms with E-state index in [4.69, 9.17) is 17.3 Å². The lowest BCUT2D eigenvalue weighted by molar-refractivity contribution is -0.149. The van der Waals surface area contributed by atoms with Gasteiger partial charge in [0.25, 0.3) is 0 Å². The van der Waals surface area contributed by atoms with E-state index in [0.29, 0.717) is 0 Å². The first kappa shape index (κ1) is 13.9. The highest BCUT2D eigenvalue weighted by molar-refractivity contribution is 6.30. The van der Waals surface area contributed by atoms with E-state index >= 15 is 0 Å². The van der Waals surface area contributed by atoms with Crippen LogP contribution in [0, 0.1) is 5.82 Å². The average molecular weight is 264 g/mol. The van der Waals surface area contributed by atoms with Crippen LogP contribution in [0.5, 0.6) is 0 Å². The van der Waals surface area contributed by atoms with Gasteiger partial charge < -0.3 is 10.5 Å². The van der Waals surface area contributed by atoms with Crippen molar-refractivity contribution < 1.29 is 18.3 Å². The normalized spacial score (nSPS) is 14.2. The lowest BCUT2D eigenvalue weighted by atomic mass is 10.0. The molecule has 0 aromatic heterocycles. The van der Waals surface area contributed by atoms with E-state index in [-0.39, 0.29) is 17.2 Å². The molecule has 0 saturated carbocycles. The summed E-state index contributed by atoms with van der Waals surface area (Å²) in [6, 6.07) is 2.21. The average Bonchev–Trinajstić information content (AvgIpc) is 2.27. The van der Waals surface area contributed by atoms with Crippen molar-refractivity contribution in [2.24, 2.45) is 5.73 Å². The molecule has 1 rings (SSSR count). The Kier molecular flexibility index (Phi) is 4.84. The number of esters is 1. The van der Waals surface area contributed by atoms with Gasteiger partial charge in [0.2, 0.25) is 6.17 Å². The van der Waals surface area contributed by atoms with Crippen LogP contribution in [-0.2, 0) is 9.53 Å². The molecule has 94 valence electrons. The minimum Gasteiger partial charge on any atom is -0.464 e. The van der Waals surface area contributed by atoms with Crippen LogP contribution in [0.2, 0.25) is 5.02 Å². The molecule has 0 bridgehead atoms. The molecule has 0 radical (unpaired) electrons. The number of nitrogens with two attached hydrogens (primary N) is 1. The molecule has 3 nitrogen and oxygen atoms in total. The highest BCUT2D eigenvalue weighted by Crippen LogP contribution is 2.23. The molecule has 1 unspecified atom stereocenters. The fourth-order valence-electron chi connectivity index (χ4n) is 1.30. The third-order valence-corrected chi connectivity index (χ3v) is 2.38. The highest BCUT2D eigenvalue weighted by atomic mass is 35.5. The van der Waals surface area contributed by atoms with Gasteiger partial charge in [0.15, 0.2) is 0 Å². The number of carbonyl (C=O) groups is 1. The summed E-state index contributed by atoms with van der Waals surface area (Å²) in [6.07, 6.45) is -2.11. The largest absolute Gasteiger partial charge is 0.464 e. The number of hydrogen-bond acceptors (Lipinski definition) is 3. The third kappa shape index (κ3) is 3.38. The van der Waals surface area contributed by atoms with E-state index in [1.807, 2.05) is 0 Å². The molecule has 0 heterocycles. The lowest BCUT2D eigenvalue weighted by Crippen LogP contribution is -2.32. The lowest BCUT2D eigenvalue weighted by Gasteiger charge is -2.16. The van der Waals surface area contributed by atoms with Gasteiger partial charge in [-0.25, -0.2) is 13.6 Å². The maximum atomic E-state index is 13.5. The molecule has 0 aliphatic rings. The zero-order chi connectivity index (χ0) is 13.0. The molecule has 6 heteroatoms. The summed E-state index contributed by atoms with van der Waals surface area (Å²) in [4.78, 5) is 11.1. The van der Waals surface area contributed by atoms with Crippen molar-refractivity contribution in [1.29, 1.82) is 0 Å². The van der Waals surface area contributed by atoms with Crippen LogP contribution in [0.3, 0.4) is 0 Å². The maximum Gasteiger partial charge on any atom is 0.342 e. The Morgan fingerprint density at radius 1 is 1.59 bits per heavy atom. The van der Waals surface area contributed by atoms with Gasteiger partial charge in [-0.15, -0.1) is 0 Å². The van der Waals surface area contributed by atoms with Crippen molar-refractivity contribution in [2.45, 2.75) is 19.1 Å². The fraction of sp³-hybridized carbons (Fsp3) is 0.364. The number of carbonyl (C=O) groups excluding carboxylic acids is 1.